The zero-order chi connectivity index (χ0) is 23.3. The second-order valence-electron chi connectivity index (χ2n) is 9.08. The summed E-state index contributed by atoms with van der Waals surface area (Å²) >= 11 is 1.60. The molecule has 1 unspecified atom stereocenters. The zero-order valence-electron chi connectivity index (χ0n) is 19.6. The Kier molecular flexibility index (Phi) is 8.02. The molecular weight excluding hydrogens is 418 g/mol. The molecule has 0 aliphatic carbocycles. The van der Waals surface area contributed by atoms with Crippen LogP contribution in [0.15, 0.2) is 58.9 Å². The second-order valence-corrected chi connectivity index (χ2v) is 9.92. The van der Waals surface area contributed by atoms with Crippen molar-refractivity contribution in [2.24, 2.45) is 10.9 Å². The van der Waals surface area contributed by atoms with Gasteiger partial charge in [0.05, 0.1) is 16.3 Å². The third-order valence-electron chi connectivity index (χ3n) is 5.71. The number of thiazole rings is 1. The third-order valence-corrected chi connectivity index (χ3v) is 6.55. The van der Waals surface area contributed by atoms with E-state index < -0.39 is 0 Å². The molecule has 170 valence electrons. The van der Waals surface area contributed by atoms with E-state index >= 15 is 0 Å². The smallest absolute Gasteiger partial charge is 0.270 e. The average Bonchev–Trinajstić information content (AvgIpc) is 3.17. The summed E-state index contributed by atoms with van der Waals surface area (Å²) in [5, 5.41) is 13.4. The van der Waals surface area contributed by atoms with Crippen LogP contribution >= 0.6 is 11.3 Å². The Labute approximate surface area is 194 Å². The summed E-state index contributed by atoms with van der Waals surface area (Å²) < 4.78 is 2.27. The van der Waals surface area contributed by atoms with Gasteiger partial charge in [-0.3, -0.25) is 10.1 Å². The largest absolute Gasteiger partial charge is 0.314 e. The quantitative estimate of drug-likeness (QED) is 0.245. The molecule has 0 amide bonds. The Morgan fingerprint density at radius 2 is 1.78 bits per heavy atom. The number of nitrogens with zero attached hydrogens (tertiary/aromatic N) is 3. The number of hydrogen-bond donors (Lipinski definition) is 0. The van der Waals surface area contributed by atoms with Crippen molar-refractivity contribution in [3.8, 4) is 11.3 Å². The van der Waals surface area contributed by atoms with Gasteiger partial charge in [0.25, 0.3) is 5.69 Å². The molecule has 0 radical (unpaired) electrons. The lowest BCUT2D eigenvalue weighted by molar-refractivity contribution is -0.384. The number of nitro groups is 1. The van der Waals surface area contributed by atoms with Gasteiger partial charge >= 0.3 is 0 Å². The monoisotopic (exact) mass is 451 g/mol. The Hall–Kier alpha value is -2.73. The summed E-state index contributed by atoms with van der Waals surface area (Å²) in [5.74, 6) is 1.05. The molecule has 32 heavy (non-hydrogen) atoms. The molecule has 1 atom stereocenters. The molecule has 0 fully saturated rings. The number of hydrogen-bond acceptors (Lipinski definition) is 4. The number of non-ortho nitro benzene ring substituents is 1. The van der Waals surface area contributed by atoms with Crippen LogP contribution in [-0.4, -0.2) is 9.49 Å². The highest BCUT2D eigenvalue weighted by atomic mass is 32.1. The molecular formula is C26H33N3O2S. The van der Waals surface area contributed by atoms with Crippen LogP contribution in [0.25, 0.3) is 11.3 Å². The van der Waals surface area contributed by atoms with E-state index in [9.17, 15) is 10.1 Å². The molecule has 5 nitrogen and oxygen atoms in total. The summed E-state index contributed by atoms with van der Waals surface area (Å²) in [6.45, 7) is 11.1. The van der Waals surface area contributed by atoms with Gasteiger partial charge in [0.15, 0.2) is 4.80 Å². The lowest BCUT2D eigenvalue weighted by atomic mass is 10.0. The first-order valence-electron chi connectivity index (χ1n) is 11.4. The van der Waals surface area contributed by atoms with Crippen LogP contribution in [0.5, 0.6) is 0 Å². The maximum Gasteiger partial charge on any atom is 0.270 e. The number of aromatic nitrogens is 1. The second kappa shape index (κ2) is 10.7. The number of benzene rings is 2. The lowest BCUT2D eigenvalue weighted by Crippen LogP contribution is -2.20. The van der Waals surface area contributed by atoms with Crippen molar-refractivity contribution in [1.82, 2.24) is 4.57 Å². The highest BCUT2D eigenvalue weighted by Crippen LogP contribution is 2.30. The van der Waals surface area contributed by atoms with Crippen molar-refractivity contribution < 1.29 is 4.92 Å². The van der Waals surface area contributed by atoms with E-state index in [1.54, 1.807) is 23.5 Å². The molecule has 6 heteroatoms. The van der Waals surface area contributed by atoms with Gasteiger partial charge in [0.1, 0.15) is 0 Å². The molecule has 0 aliphatic heterocycles. The van der Waals surface area contributed by atoms with E-state index in [1.165, 1.54) is 18.1 Å². The molecule has 0 aliphatic rings. The minimum Gasteiger partial charge on any atom is -0.314 e. The number of nitro benzene ring substituents is 1. The summed E-state index contributed by atoms with van der Waals surface area (Å²) in [4.78, 5) is 17.0. The minimum atomic E-state index is -0.337. The molecule has 3 aromatic rings. The molecule has 2 aromatic carbocycles. The van der Waals surface area contributed by atoms with Crippen molar-refractivity contribution in [3.63, 3.8) is 0 Å². The van der Waals surface area contributed by atoms with Crippen molar-refractivity contribution in [2.75, 3.05) is 0 Å². The first-order chi connectivity index (χ1) is 15.3. The first kappa shape index (κ1) is 23.9. The fourth-order valence-electron chi connectivity index (χ4n) is 3.95. The van der Waals surface area contributed by atoms with E-state index in [0.29, 0.717) is 11.8 Å². The van der Waals surface area contributed by atoms with Crippen molar-refractivity contribution in [2.45, 2.75) is 65.8 Å². The van der Waals surface area contributed by atoms with Gasteiger partial charge in [0.2, 0.25) is 0 Å². The van der Waals surface area contributed by atoms with Crippen LogP contribution in [0.3, 0.4) is 0 Å². The topological polar surface area (TPSA) is 60.4 Å². The van der Waals surface area contributed by atoms with E-state index in [1.807, 2.05) is 12.1 Å². The van der Waals surface area contributed by atoms with Crippen LogP contribution in [0.1, 0.15) is 71.4 Å². The molecule has 1 aromatic heterocycles. The molecule has 1 heterocycles. The third kappa shape index (κ3) is 5.74. The van der Waals surface area contributed by atoms with Gasteiger partial charge in [-0.05, 0) is 36.8 Å². The van der Waals surface area contributed by atoms with E-state index in [2.05, 4.69) is 62.8 Å². The van der Waals surface area contributed by atoms with Gasteiger partial charge in [-0.1, -0.05) is 70.9 Å². The van der Waals surface area contributed by atoms with Crippen LogP contribution < -0.4 is 4.80 Å². The van der Waals surface area contributed by atoms with Crippen LogP contribution in [-0.2, 0) is 0 Å². The molecule has 0 spiro atoms. The fraction of sp³-hybridized carbons (Fsp3) is 0.423. The molecule has 0 saturated carbocycles. The van der Waals surface area contributed by atoms with Crippen LogP contribution in [0.2, 0.25) is 0 Å². The van der Waals surface area contributed by atoms with Crippen LogP contribution in [0.4, 0.5) is 11.4 Å². The van der Waals surface area contributed by atoms with E-state index in [0.717, 1.165) is 34.6 Å². The number of para-hydroxylation sites is 1. The maximum absolute atomic E-state index is 11.3. The zero-order valence-corrected chi connectivity index (χ0v) is 20.4. The molecule has 0 N–H and O–H groups in total. The molecule has 3 rings (SSSR count). The Bertz CT molecular complexity index is 1130. The predicted molar refractivity (Wildman–Crippen MR) is 134 cm³/mol. The summed E-state index contributed by atoms with van der Waals surface area (Å²) in [6, 6.07) is 15.4. The predicted octanol–water partition coefficient (Wildman–Crippen LogP) is 7.87. The van der Waals surface area contributed by atoms with E-state index in [-0.39, 0.29) is 16.7 Å². The Morgan fingerprint density at radius 1 is 1.03 bits per heavy atom. The normalized spacial score (nSPS) is 13.2. The highest BCUT2D eigenvalue weighted by Gasteiger charge is 2.17. The van der Waals surface area contributed by atoms with Crippen molar-refractivity contribution in [1.29, 1.82) is 0 Å². The Morgan fingerprint density at radius 3 is 2.47 bits per heavy atom. The summed E-state index contributed by atoms with van der Waals surface area (Å²) in [6.07, 6.45) is 3.36. The van der Waals surface area contributed by atoms with Crippen LogP contribution in [0, 0.1) is 16.0 Å². The minimum absolute atomic E-state index is 0.108. The molecule has 0 saturated heterocycles. The number of rotatable bonds is 9. The summed E-state index contributed by atoms with van der Waals surface area (Å²) in [5.41, 5.74) is 4.15. The lowest BCUT2D eigenvalue weighted by Gasteiger charge is -2.18. The van der Waals surface area contributed by atoms with E-state index in [4.69, 9.17) is 4.99 Å². The summed E-state index contributed by atoms with van der Waals surface area (Å²) in [7, 11) is 0. The molecule has 0 bridgehead atoms. The van der Waals surface area contributed by atoms with Gasteiger partial charge in [-0.2, -0.15) is 0 Å². The fourth-order valence-corrected chi connectivity index (χ4v) is 4.96. The maximum atomic E-state index is 11.3. The van der Waals surface area contributed by atoms with Crippen molar-refractivity contribution >= 4 is 22.7 Å². The van der Waals surface area contributed by atoms with Crippen molar-refractivity contribution in [3.05, 3.63) is 74.4 Å². The van der Waals surface area contributed by atoms with Gasteiger partial charge in [-0.25, -0.2) is 4.99 Å². The Balaban J connectivity index is 2.13. The SMILES string of the molecule is CC(C)CCCC(C)n1c(-c2cccc([N+](=O)[O-])c2)csc1=Nc1ccccc1C(C)C. The van der Waals surface area contributed by atoms with Gasteiger partial charge < -0.3 is 4.57 Å². The highest BCUT2D eigenvalue weighted by molar-refractivity contribution is 7.07. The first-order valence-corrected chi connectivity index (χ1v) is 12.2. The van der Waals surface area contributed by atoms with Gasteiger partial charge in [0, 0.05) is 29.1 Å². The average molecular weight is 452 g/mol. The standard InChI is InChI=1S/C26H33N3O2S/c1-18(2)10-8-11-20(5)28-25(21-12-9-13-22(16-21)29(30)31)17-32-26(28)27-24-15-7-6-14-23(24)19(3)4/h6-7,9,12-20H,8,10-11H2,1-5H3. The van der Waals surface area contributed by atoms with Gasteiger partial charge in [-0.15, -0.1) is 11.3 Å².